The summed E-state index contributed by atoms with van der Waals surface area (Å²) >= 11 is 0. The molecule has 5 N–H and O–H groups in total. The molecule has 0 aromatic heterocycles. The molecule has 0 saturated carbocycles. The smallest absolute Gasteiger partial charge is 0.198 e. The SMILES string of the molecule is C=C(C)NC(N)=Nc1cc(N)c(N(C)CCN(C)C)cc1OC. The molecule has 1 aromatic carbocycles. The van der Waals surface area contributed by atoms with Crippen LogP contribution in [0.25, 0.3) is 0 Å². The topological polar surface area (TPSA) is 92.1 Å². The van der Waals surface area contributed by atoms with Crippen molar-refractivity contribution in [2.75, 3.05) is 52.0 Å². The van der Waals surface area contributed by atoms with E-state index in [9.17, 15) is 0 Å². The largest absolute Gasteiger partial charge is 0.494 e. The molecule has 0 heterocycles. The van der Waals surface area contributed by atoms with Gasteiger partial charge in [0.1, 0.15) is 11.4 Å². The monoisotopic (exact) mass is 320 g/mol. The fraction of sp³-hybridized carbons (Fsp3) is 0.438. The van der Waals surface area contributed by atoms with E-state index >= 15 is 0 Å². The van der Waals surface area contributed by atoms with Gasteiger partial charge in [-0.05, 0) is 27.1 Å². The lowest BCUT2D eigenvalue weighted by atomic mass is 10.2. The number of ether oxygens (including phenoxy) is 1. The lowest BCUT2D eigenvalue weighted by Gasteiger charge is -2.24. The predicted octanol–water partition coefficient (Wildman–Crippen LogP) is 1.34. The van der Waals surface area contributed by atoms with Crippen LogP contribution in [-0.4, -0.2) is 52.2 Å². The second-order valence-electron chi connectivity index (χ2n) is 5.71. The molecule has 128 valence electrons. The minimum atomic E-state index is 0.240. The van der Waals surface area contributed by atoms with Crippen LogP contribution in [0.15, 0.2) is 29.4 Å². The highest BCUT2D eigenvalue weighted by atomic mass is 16.5. The third kappa shape index (κ3) is 5.71. The van der Waals surface area contributed by atoms with Crippen molar-refractivity contribution in [1.82, 2.24) is 10.2 Å². The van der Waals surface area contributed by atoms with Crippen LogP contribution in [0.5, 0.6) is 5.75 Å². The molecule has 0 amide bonds. The second-order valence-corrected chi connectivity index (χ2v) is 5.71. The Kier molecular flexibility index (Phi) is 6.71. The maximum absolute atomic E-state index is 6.17. The molecule has 0 aliphatic heterocycles. The minimum Gasteiger partial charge on any atom is -0.494 e. The molecule has 7 heteroatoms. The third-order valence-corrected chi connectivity index (χ3v) is 3.20. The van der Waals surface area contributed by atoms with Gasteiger partial charge in [0.05, 0.1) is 18.5 Å². The Morgan fingerprint density at radius 2 is 1.96 bits per heavy atom. The van der Waals surface area contributed by atoms with Gasteiger partial charge in [-0.1, -0.05) is 6.58 Å². The van der Waals surface area contributed by atoms with Gasteiger partial charge in [-0.2, -0.15) is 0 Å². The van der Waals surface area contributed by atoms with Gasteiger partial charge in [-0.25, -0.2) is 4.99 Å². The van der Waals surface area contributed by atoms with Crippen LogP contribution < -0.4 is 26.4 Å². The number of likely N-dealkylation sites (N-methyl/N-ethyl adjacent to an activating group) is 2. The maximum Gasteiger partial charge on any atom is 0.198 e. The molecular formula is C16H28N6O. The first-order chi connectivity index (χ1) is 10.7. The molecule has 0 radical (unpaired) electrons. The zero-order valence-electron chi connectivity index (χ0n) is 14.7. The molecule has 1 aromatic rings. The first-order valence-corrected chi connectivity index (χ1v) is 7.34. The highest BCUT2D eigenvalue weighted by Gasteiger charge is 2.12. The molecule has 0 aliphatic rings. The molecule has 7 nitrogen and oxygen atoms in total. The van der Waals surface area contributed by atoms with Gasteiger partial charge in [-0.15, -0.1) is 0 Å². The summed E-state index contributed by atoms with van der Waals surface area (Å²) in [5.41, 5.74) is 14.8. The van der Waals surface area contributed by atoms with Crippen molar-refractivity contribution < 1.29 is 4.74 Å². The van der Waals surface area contributed by atoms with Crippen molar-refractivity contribution >= 4 is 23.0 Å². The highest BCUT2D eigenvalue weighted by Crippen LogP contribution is 2.36. The van der Waals surface area contributed by atoms with E-state index in [0.29, 0.717) is 22.8 Å². The van der Waals surface area contributed by atoms with Crippen LogP contribution in [0.4, 0.5) is 17.1 Å². The number of hydrogen-bond donors (Lipinski definition) is 3. The number of hydrogen-bond acceptors (Lipinski definition) is 5. The Bertz CT molecular complexity index is 582. The molecule has 0 atom stereocenters. The van der Waals surface area contributed by atoms with Crippen molar-refractivity contribution in [1.29, 1.82) is 0 Å². The molecule has 0 aliphatic carbocycles. The molecular weight excluding hydrogens is 292 g/mol. The summed E-state index contributed by atoms with van der Waals surface area (Å²) in [6, 6.07) is 3.63. The zero-order valence-corrected chi connectivity index (χ0v) is 14.7. The number of nitrogens with two attached hydrogens (primary N) is 2. The molecule has 0 fully saturated rings. The molecule has 0 unspecified atom stereocenters. The van der Waals surface area contributed by atoms with Gasteiger partial charge in [0.2, 0.25) is 0 Å². The number of allylic oxidation sites excluding steroid dienone is 1. The molecule has 0 saturated heterocycles. The number of nitrogen functional groups attached to an aromatic ring is 1. The van der Waals surface area contributed by atoms with E-state index in [4.69, 9.17) is 16.2 Å². The molecule has 1 rings (SSSR count). The maximum atomic E-state index is 6.17. The minimum absolute atomic E-state index is 0.240. The Morgan fingerprint density at radius 3 is 2.48 bits per heavy atom. The van der Waals surface area contributed by atoms with E-state index < -0.39 is 0 Å². The van der Waals surface area contributed by atoms with E-state index in [1.54, 1.807) is 20.1 Å². The van der Waals surface area contributed by atoms with Crippen LogP contribution in [-0.2, 0) is 0 Å². The first-order valence-electron chi connectivity index (χ1n) is 7.34. The molecule has 0 bridgehead atoms. The van der Waals surface area contributed by atoms with E-state index in [0.717, 1.165) is 18.8 Å². The summed E-state index contributed by atoms with van der Waals surface area (Å²) in [6.07, 6.45) is 0. The number of aliphatic imine (C=N–C) groups is 1. The summed E-state index contributed by atoms with van der Waals surface area (Å²) in [5.74, 6) is 0.848. The van der Waals surface area contributed by atoms with Gasteiger partial charge >= 0.3 is 0 Å². The van der Waals surface area contributed by atoms with Crippen LogP contribution in [0.3, 0.4) is 0 Å². The van der Waals surface area contributed by atoms with E-state index in [1.807, 2.05) is 27.2 Å². The van der Waals surface area contributed by atoms with Gasteiger partial charge in [0.25, 0.3) is 0 Å². The fourth-order valence-corrected chi connectivity index (χ4v) is 2.00. The number of nitrogens with one attached hydrogen (secondary N) is 1. The number of methoxy groups -OCH3 is 1. The number of anilines is 2. The van der Waals surface area contributed by atoms with Crippen molar-refractivity contribution in [3.05, 3.63) is 24.4 Å². The van der Waals surface area contributed by atoms with Gasteiger partial charge in [0.15, 0.2) is 5.96 Å². The Labute approximate surface area is 138 Å². The predicted molar refractivity (Wildman–Crippen MR) is 98.5 cm³/mol. The first kappa shape index (κ1) is 18.6. The summed E-state index contributed by atoms with van der Waals surface area (Å²) in [5, 5.41) is 2.85. The lowest BCUT2D eigenvalue weighted by Crippen LogP contribution is -2.29. The van der Waals surface area contributed by atoms with Gasteiger partial charge < -0.3 is 31.3 Å². The van der Waals surface area contributed by atoms with Crippen molar-refractivity contribution in [2.24, 2.45) is 10.7 Å². The van der Waals surface area contributed by atoms with Crippen LogP contribution in [0, 0.1) is 0 Å². The number of nitrogens with zero attached hydrogens (tertiary/aromatic N) is 3. The average molecular weight is 320 g/mol. The average Bonchev–Trinajstić information content (AvgIpc) is 2.44. The summed E-state index contributed by atoms with van der Waals surface area (Å²) in [4.78, 5) is 8.50. The van der Waals surface area contributed by atoms with Crippen LogP contribution in [0.1, 0.15) is 6.92 Å². The van der Waals surface area contributed by atoms with Crippen molar-refractivity contribution in [3.8, 4) is 5.75 Å². The standard InChI is InChI=1S/C16H28N6O/c1-11(2)19-16(18)20-13-9-12(17)14(10-15(13)23-6)22(5)8-7-21(3)4/h9-10H,1,7-8,17H2,2-6H3,(H3,18,19,20). The number of rotatable bonds is 7. The molecule has 0 spiro atoms. The summed E-state index contributed by atoms with van der Waals surface area (Å²) in [7, 11) is 7.66. The van der Waals surface area contributed by atoms with E-state index in [2.05, 4.69) is 26.7 Å². The van der Waals surface area contributed by atoms with Crippen molar-refractivity contribution in [2.45, 2.75) is 6.92 Å². The number of benzene rings is 1. The zero-order chi connectivity index (χ0) is 17.6. The summed E-state index contributed by atoms with van der Waals surface area (Å²) in [6.45, 7) is 7.31. The highest BCUT2D eigenvalue weighted by molar-refractivity contribution is 5.85. The second kappa shape index (κ2) is 8.28. The molecule has 23 heavy (non-hydrogen) atoms. The van der Waals surface area contributed by atoms with E-state index in [-0.39, 0.29) is 5.96 Å². The Hall–Kier alpha value is -2.41. The lowest BCUT2D eigenvalue weighted by molar-refractivity contribution is 0.413. The summed E-state index contributed by atoms with van der Waals surface area (Å²) < 4.78 is 5.42. The van der Waals surface area contributed by atoms with E-state index in [1.165, 1.54) is 0 Å². The fourth-order valence-electron chi connectivity index (χ4n) is 2.00. The van der Waals surface area contributed by atoms with Crippen molar-refractivity contribution in [3.63, 3.8) is 0 Å². The number of guanidine groups is 1. The Morgan fingerprint density at radius 1 is 1.30 bits per heavy atom. The van der Waals surface area contributed by atoms with Gasteiger partial charge in [-0.3, -0.25) is 0 Å². The Balaban J connectivity index is 3.09. The third-order valence-electron chi connectivity index (χ3n) is 3.20. The van der Waals surface area contributed by atoms with Gasteiger partial charge in [0, 0.05) is 31.9 Å². The van der Waals surface area contributed by atoms with Crippen LogP contribution in [0.2, 0.25) is 0 Å². The van der Waals surface area contributed by atoms with Crippen LogP contribution >= 0.6 is 0 Å². The normalized spacial score (nSPS) is 11.5. The quantitative estimate of drug-likeness (QED) is 0.399.